The zero-order valence-electron chi connectivity index (χ0n) is 19.1. The van der Waals surface area contributed by atoms with E-state index in [4.69, 9.17) is 0 Å². The maximum atomic E-state index is 10.6. The lowest BCUT2D eigenvalue weighted by molar-refractivity contribution is -0.870. The number of phenolic OH excluding ortho intramolecular Hbond substituents is 2. The second-order valence-electron chi connectivity index (χ2n) is 9.71. The van der Waals surface area contributed by atoms with Crippen LogP contribution in [0.5, 0.6) is 11.5 Å². The molecule has 2 heterocycles. The molecule has 0 fully saturated rings. The Bertz CT molecular complexity index is 1230. The van der Waals surface area contributed by atoms with Gasteiger partial charge in [-0.05, 0) is 55.9 Å². The molecule has 4 aromatic rings. The molecule has 0 aliphatic carbocycles. The number of aromatic amines is 2. The number of likely N-dealkylation sites (N-methyl/N-ethyl adjacent to an activating group) is 2. The van der Waals surface area contributed by atoms with Crippen LogP contribution < -0.4 is 0 Å². The van der Waals surface area contributed by atoms with E-state index < -0.39 is 0 Å². The fraction of sp³-hybridized carbons (Fsp3) is 0.360. The summed E-state index contributed by atoms with van der Waals surface area (Å²) in [6.45, 7) is 1.89. The number of aromatic nitrogens is 2. The Kier molecular flexibility index (Phi) is 5.45. The molecule has 0 atom stereocenters. The number of hydrogen-bond donors (Lipinski definition) is 4. The van der Waals surface area contributed by atoms with Crippen molar-refractivity contribution in [1.29, 1.82) is 0 Å². The molecule has 4 N–H and O–H groups in total. The number of rotatable bonds is 7. The van der Waals surface area contributed by atoms with Gasteiger partial charge in [0, 0.05) is 47.3 Å². The van der Waals surface area contributed by atoms with Gasteiger partial charge in [0.15, 0.2) is 0 Å². The average molecular weight is 422 g/mol. The average Bonchev–Trinajstić information content (AvgIpc) is 3.31. The second-order valence-corrected chi connectivity index (χ2v) is 9.71. The third-order valence-corrected chi connectivity index (χ3v) is 5.96. The Balaban J connectivity index is 1.83. The number of H-pyrrole nitrogens is 2. The van der Waals surface area contributed by atoms with Crippen LogP contribution >= 0.6 is 0 Å². The zero-order chi connectivity index (χ0) is 22.3. The largest absolute Gasteiger partial charge is 0.507 e. The number of nitrogens with zero attached hydrogens (tertiary/aromatic N) is 2. The van der Waals surface area contributed by atoms with E-state index in [1.165, 1.54) is 0 Å². The zero-order valence-corrected chi connectivity index (χ0v) is 19.1. The molecule has 6 nitrogen and oxygen atoms in total. The van der Waals surface area contributed by atoms with Crippen LogP contribution in [-0.2, 0) is 12.8 Å². The summed E-state index contributed by atoms with van der Waals surface area (Å²) in [5.41, 5.74) is 6.09. The number of benzene rings is 2. The van der Waals surface area contributed by atoms with Crippen molar-refractivity contribution in [2.45, 2.75) is 12.8 Å². The topological polar surface area (TPSA) is 75.3 Å². The first-order chi connectivity index (χ1) is 14.7. The molecule has 4 rings (SSSR count). The number of aromatic hydroxyl groups is 2. The first-order valence-electron chi connectivity index (χ1n) is 10.7. The van der Waals surface area contributed by atoms with E-state index >= 15 is 0 Å². The Morgan fingerprint density at radius 3 is 1.71 bits per heavy atom. The standard InChI is InChI=1S/C25H32N4O2/c1-28(2)12-10-16-14-26-24-18(6-8-20(30)22(16)24)19-7-9-21(31)23-17(15-27-25(19)23)11-13-29(3,4)5/h6-9,14-15,26-27H,10-13H2,1-5H3,(H-,30,31)/p+1. The molecule has 0 spiro atoms. The summed E-state index contributed by atoms with van der Waals surface area (Å²) in [5.74, 6) is 0.587. The monoisotopic (exact) mass is 421 g/mol. The summed E-state index contributed by atoms with van der Waals surface area (Å²) >= 11 is 0. The Labute approximate surface area is 183 Å². The van der Waals surface area contributed by atoms with Crippen LogP contribution in [0.1, 0.15) is 11.1 Å². The second kappa shape index (κ2) is 7.94. The number of hydrogen-bond acceptors (Lipinski definition) is 3. The van der Waals surface area contributed by atoms with Crippen molar-refractivity contribution < 1.29 is 14.7 Å². The Morgan fingerprint density at radius 1 is 0.774 bits per heavy atom. The summed E-state index contributed by atoms with van der Waals surface area (Å²) in [4.78, 5) is 8.94. The molecule has 0 amide bonds. The highest BCUT2D eigenvalue weighted by molar-refractivity contribution is 6.07. The van der Waals surface area contributed by atoms with Gasteiger partial charge < -0.3 is 29.6 Å². The van der Waals surface area contributed by atoms with E-state index in [9.17, 15) is 10.2 Å². The lowest BCUT2D eigenvalue weighted by Crippen LogP contribution is -2.36. The molecular formula is C25H33N4O2+. The summed E-state index contributed by atoms with van der Waals surface area (Å²) in [6.07, 6.45) is 5.74. The molecule has 0 saturated heterocycles. The molecule has 31 heavy (non-hydrogen) atoms. The van der Waals surface area contributed by atoms with Crippen molar-refractivity contribution in [2.75, 3.05) is 48.3 Å². The lowest BCUT2D eigenvalue weighted by Gasteiger charge is -2.23. The molecule has 0 radical (unpaired) electrons. The van der Waals surface area contributed by atoms with Gasteiger partial charge in [-0.25, -0.2) is 0 Å². The molecule has 164 valence electrons. The van der Waals surface area contributed by atoms with Crippen LogP contribution in [0.4, 0.5) is 0 Å². The van der Waals surface area contributed by atoms with Crippen molar-refractivity contribution in [3.8, 4) is 22.6 Å². The number of fused-ring (bicyclic) bond motifs is 2. The SMILES string of the molecule is CN(C)CCc1c[nH]c2c(-c3ccc(O)c4c(CC[N+](C)(C)C)c[nH]c34)ccc(O)c12. The van der Waals surface area contributed by atoms with Gasteiger partial charge in [-0.1, -0.05) is 0 Å². The minimum Gasteiger partial charge on any atom is -0.507 e. The van der Waals surface area contributed by atoms with Crippen LogP contribution in [0.15, 0.2) is 36.7 Å². The minimum absolute atomic E-state index is 0.291. The molecule has 0 unspecified atom stereocenters. The highest BCUT2D eigenvalue weighted by atomic mass is 16.3. The predicted molar refractivity (Wildman–Crippen MR) is 128 cm³/mol. The smallest absolute Gasteiger partial charge is 0.125 e. The number of quaternary nitrogens is 1. The highest BCUT2D eigenvalue weighted by Crippen LogP contribution is 2.41. The van der Waals surface area contributed by atoms with Gasteiger partial charge in [-0.2, -0.15) is 0 Å². The maximum absolute atomic E-state index is 10.6. The molecule has 2 aromatic heterocycles. The fourth-order valence-corrected chi connectivity index (χ4v) is 4.24. The van der Waals surface area contributed by atoms with Gasteiger partial charge in [0.25, 0.3) is 0 Å². The number of nitrogens with one attached hydrogen (secondary N) is 2. The van der Waals surface area contributed by atoms with E-state index in [2.05, 4.69) is 50.1 Å². The van der Waals surface area contributed by atoms with Gasteiger partial charge in [0.1, 0.15) is 11.5 Å². The van der Waals surface area contributed by atoms with E-state index in [1.807, 2.05) is 24.5 Å². The normalized spacial score (nSPS) is 12.5. The summed E-state index contributed by atoms with van der Waals surface area (Å²) in [5, 5.41) is 23.0. The van der Waals surface area contributed by atoms with Crippen LogP contribution in [0.3, 0.4) is 0 Å². The molecule has 0 aliphatic heterocycles. The first-order valence-corrected chi connectivity index (χ1v) is 10.7. The van der Waals surface area contributed by atoms with E-state index in [1.54, 1.807) is 12.1 Å². The third-order valence-electron chi connectivity index (χ3n) is 5.96. The molecule has 0 bridgehead atoms. The first kappa shape index (κ1) is 21.3. The minimum atomic E-state index is 0.291. The lowest BCUT2D eigenvalue weighted by atomic mass is 9.97. The Morgan fingerprint density at radius 2 is 1.26 bits per heavy atom. The van der Waals surface area contributed by atoms with E-state index in [0.29, 0.717) is 11.5 Å². The summed E-state index contributed by atoms with van der Waals surface area (Å²) < 4.78 is 0.865. The van der Waals surface area contributed by atoms with Crippen molar-refractivity contribution in [3.05, 3.63) is 47.8 Å². The van der Waals surface area contributed by atoms with Gasteiger partial charge in [-0.15, -0.1) is 0 Å². The van der Waals surface area contributed by atoms with E-state index in [-0.39, 0.29) is 0 Å². The van der Waals surface area contributed by atoms with Gasteiger partial charge in [0.2, 0.25) is 0 Å². The molecular weight excluding hydrogens is 388 g/mol. The number of phenols is 2. The Hall–Kier alpha value is -2.96. The van der Waals surface area contributed by atoms with Crippen molar-refractivity contribution in [1.82, 2.24) is 14.9 Å². The molecule has 2 aromatic carbocycles. The molecule has 6 heteroatoms. The summed E-state index contributed by atoms with van der Waals surface area (Å²) in [6, 6.07) is 7.44. The molecule has 0 aliphatic rings. The summed E-state index contributed by atoms with van der Waals surface area (Å²) in [7, 11) is 10.6. The van der Waals surface area contributed by atoms with Crippen molar-refractivity contribution >= 4 is 21.8 Å². The van der Waals surface area contributed by atoms with Gasteiger partial charge in [0.05, 0.1) is 38.7 Å². The van der Waals surface area contributed by atoms with Crippen LogP contribution in [0.2, 0.25) is 0 Å². The quantitative estimate of drug-likeness (QED) is 0.340. The van der Waals surface area contributed by atoms with Gasteiger partial charge >= 0.3 is 0 Å². The van der Waals surface area contributed by atoms with Gasteiger partial charge in [-0.3, -0.25) is 0 Å². The highest BCUT2D eigenvalue weighted by Gasteiger charge is 2.19. The fourth-order valence-electron chi connectivity index (χ4n) is 4.24. The van der Waals surface area contributed by atoms with E-state index in [0.717, 1.165) is 74.5 Å². The van der Waals surface area contributed by atoms with Crippen molar-refractivity contribution in [3.63, 3.8) is 0 Å². The van der Waals surface area contributed by atoms with Crippen molar-refractivity contribution in [2.24, 2.45) is 0 Å². The molecule has 0 saturated carbocycles. The van der Waals surface area contributed by atoms with Crippen LogP contribution in [0, 0.1) is 0 Å². The van der Waals surface area contributed by atoms with Crippen LogP contribution in [0.25, 0.3) is 32.9 Å². The van der Waals surface area contributed by atoms with Crippen LogP contribution in [-0.4, -0.2) is 77.9 Å². The maximum Gasteiger partial charge on any atom is 0.125 e. The third kappa shape index (κ3) is 4.13. The predicted octanol–water partition coefficient (Wildman–Crippen LogP) is 4.08.